The first kappa shape index (κ1) is 14.4. The number of morpholine rings is 1. The maximum Gasteiger partial charge on any atom is 0.246 e. The number of phenolic OH excluding ortho intramolecular Hbond substituents is 1. The predicted octanol–water partition coefficient (Wildman–Crippen LogP) is 2.03. The monoisotopic (exact) mass is 299 g/mol. The lowest BCUT2D eigenvalue weighted by Crippen LogP contribution is -2.46. The summed E-state index contributed by atoms with van der Waals surface area (Å²) in [6.07, 6.45) is -0.741. The van der Waals surface area contributed by atoms with Gasteiger partial charge in [0.2, 0.25) is 5.91 Å². The number of phenols is 1. The maximum absolute atomic E-state index is 11.3. The molecular formula is C17H17NO4. The average molecular weight is 299 g/mol. The van der Waals surface area contributed by atoms with Gasteiger partial charge in [-0.15, -0.1) is 0 Å². The lowest BCUT2D eigenvalue weighted by molar-refractivity contribution is -0.137. The van der Waals surface area contributed by atoms with Crippen molar-refractivity contribution in [3.63, 3.8) is 0 Å². The Morgan fingerprint density at radius 3 is 2.55 bits per heavy atom. The van der Waals surface area contributed by atoms with E-state index in [0.717, 1.165) is 5.56 Å². The van der Waals surface area contributed by atoms with Crippen LogP contribution in [0.1, 0.15) is 11.7 Å². The molecule has 1 amide bonds. The van der Waals surface area contributed by atoms with E-state index >= 15 is 0 Å². The molecule has 1 aliphatic rings. The molecule has 3 rings (SSSR count). The Morgan fingerprint density at radius 2 is 1.86 bits per heavy atom. The fourth-order valence-electron chi connectivity index (χ4n) is 2.40. The summed E-state index contributed by atoms with van der Waals surface area (Å²) < 4.78 is 11.6. The van der Waals surface area contributed by atoms with Gasteiger partial charge in [0.15, 0.2) is 17.6 Å². The zero-order valence-corrected chi connectivity index (χ0v) is 11.9. The summed E-state index contributed by atoms with van der Waals surface area (Å²) in [7, 11) is 0. The van der Waals surface area contributed by atoms with Crippen LogP contribution < -0.4 is 10.1 Å². The van der Waals surface area contributed by atoms with Gasteiger partial charge in [-0.25, -0.2) is 0 Å². The number of para-hydroxylation sites is 2. The molecule has 5 heteroatoms. The second-order valence-electron chi connectivity index (χ2n) is 5.07. The fourth-order valence-corrected chi connectivity index (χ4v) is 2.40. The Kier molecular flexibility index (Phi) is 4.25. The van der Waals surface area contributed by atoms with E-state index in [1.807, 2.05) is 30.3 Å². The molecule has 2 N–H and O–H groups in total. The molecule has 0 bridgehead atoms. The van der Waals surface area contributed by atoms with Crippen molar-refractivity contribution in [3.8, 4) is 11.5 Å². The summed E-state index contributed by atoms with van der Waals surface area (Å²) >= 11 is 0. The highest BCUT2D eigenvalue weighted by Gasteiger charge is 2.30. The van der Waals surface area contributed by atoms with Crippen LogP contribution in [0.5, 0.6) is 11.5 Å². The number of rotatable bonds is 4. The quantitative estimate of drug-likeness (QED) is 0.906. The lowest BCUT2D eigenvalue weighted by atomic mass is 10.0. The maximum atomic E-state index is 11.3. The number of hydrogen-bond donors (Lipinski definition) is 2. The SMILES string of the molecule is O=C1COC(C(Oc2ccccc2O)c2ccccc2)CN1. The molecule has 22 heavy (non-hydrogen) atoms. The number of aromatic hydroxyl groups is 1. The highest BCUT2D eigenvalue weighted by atomic mass is 16.5. The Morgan fingerprint density at radius 1 is 1.14 bits per heavy atom. The zero-order valence-electron chi connectivity index (χ0n) is 11.9. The van der Waals surface area contributed by atoms with Crippen molar-refractivity contribution >= 4 is 5.91 Å². The van der Waals surface area contributed by atoms with Crippen molar-refractivity contribution in [2.75, 3.05) is 13.2 Å². The minimum atomic E-state index is -0.421. The van der Waals surface area contributed by atoms with Crippen molar-refractivity contribution in [2.45, 2.75) is 12.2 Å². The molecule has 2 aromatic carbocycles. The highest BCUT2D eigenvalue weighted by Crippen LogP contribution is 2.32. The summed E-state index contributed by atoms with van der Waals surface area (Å²) in [5.41, 5.74) is 0.923. The summed E-state index contributed by atoms with van der Waals surface area (Å²) in [6.45, 7) is 0.379. The van der Waals surface area contributed by atoms with Crippen molar-refractivity contribution in [1.29, 1.82) is 0 Å². The van der Waals surface area contributed by atoms with Gasteiger partial charge in [-0.1, -0.05) is 42.5 Å². The molecule has 0 aromatic heterocycles. The zero-order chi connectivity index (χ0) is 15.4. The van der Waals surface area contributed by atoms with Crippen LogP contribution in [0.15, 0.2) is 54.6 Å². The second-order valence-corrected chi connectivity index (χ2v) is 5.07. The third kappa shape index (κ3) is 3.20. The van der Waals surface area contributed by atoms with Crippen LogP contribution in [-0.2, 0) is 9.53 Å². The Balaban J connectivity index is 1.86. The molecule has 2 aromatic rings. The van der Waals surface area contributed by atoms with E-state index in [-0.39, 0.29) is 24.4 Å². The van der Waals surface area contributed by atoms with E-state index in [2.05, 4.69) is 5.32 Å². The number of ether oxygens (including phenoxy) is 2. The van der Waals surface area contributed by atoms with Crippen molar-refractivity contribution in [3.05, 3.63) is 60.2 Å². The minimum Gasteiger partial charge on any atom is -0.504 e. The van der Waals surface area contributed by atoms with E-state index < -0.39 is 6.10 Å². The molecule has 0 radical (unpaired) electrons. The van der Waals surface area contributed by atoms with Crippen LogP contribution in [0.4, 0.5) is 0 Å². The van der Waals surface area contributed by atoms with Gasteiger partial charge >= 0.3 is 0 Å². The summed E-state index contributed by atoms with van der Waals surface area (Å²) in [4.78, 5) is 11.3. The molecule has 0 spiro atoms. The minimum absolute atomic E-state index is 0.0120. The number of hydrogen-bond acceptors (Lipinski definition) is 4. The molecule has 5 nitrogen and oxygen atoms in total. The first-order valence-electron chi connectivity index (χ1n) is 7.12. The Hall–Kier alpha value is -2.53. The van der Waals surface area contributed by atoms with Crippen LogP contribution >= 0.6 is 0 Å². The van der Waals surface area contributed by atoms with E-state index in [1.165, 1.54) is 0 Å². The summed E-state index contributed by atoms with van der Waals surface area (Å²) in [5, 5.41) is 12.7. The molecule has 1 heterocycles. The molecule has 1 aliphatic heterocycles. The van der Waals surface area contributed by atoms with Crippen molar-refractivity contribution in [2.24, 2.45) is 0 Å². The summed E-state index contributed by atoms with van der Waals surface area (Å²) in [5.74, 6) is 0.325. The first-order valence-corrected chi connectivity index (χ1v) is 7.12. The van der Waals surface area contributed by atoms with Crippen molar-refractivity contribution < 1.29 is 19.4 Å². The lowest BCUT2D eigenvalue weighted by Gasteiger charge is -2.31. The topological polar surface area (TPSA) is 67.8 Å². The van der Waals surface area contributed by atoms with Gasteiger partial charge in [0.05, 0.1) is 0 Å². The predicted molar refractivity (Wildman–Crippen MR) is 80.7 cm³/mol. The van der Waals surface area contributed by atoms with Gasteiger partial charge in [-0.05, 0) is 17.7 Å². The number of amides is 1. The van der Waals surface area contributed by atoms with Gasteiger partial charge in [-0.3, -0.25) is 4.79 Å². The van der Waals surface area contributed by atoms with E-state index in [0.29, 0.717) is 12.3 Å². The highest BCUT2D eigenvalue weighted by molar-refractivity contribution is 5.77. The smallest absolute Gasteiger partial charge is 0.246 e. The van der Waals surface area contributed by atoms with Gasteiger partial charge in [0.25, 0.3) is 0 Å². The van der Waals surface area contributed by atoms with E-state index in [4.69, 9.17) is 9.47 Å². The normalized spacial score (nSPS) is 19.3. The third-order valence-corrected chi connectivity index (χ3v) is 3.51. The third-order valence-electron chi connectivity index (χ3n) is 3.51. The molecular weight excluding hydrogens is 282 g/mol. The van der Waals surface area contributed by atoms with Gasteiger partial charge in [0, 0.05) is 6.54 Å². The number of carbonyl (C=O) groups excluding carboxylic acids is 1. The molecule has 0 saturated carbocycles. The standard InChI is InChI=1S/C17H17NO4/c19-13-8-4-5-9-14(13)22-17(12-6-2-1-3-7-12)15-10-18-16(20)11-21-15/h1-9,15,17,19H,10-11H2,(H,18,20). The molecule has 2 atom stereocenters. The van der Waals surface area contributed by atoms with Gasteiger partial charge in [-0.2, -0.15) is 0 Å². The van der Waals surface area contributed by atoms with Gasteiger partial charge < -0.3 is 19.9 Å². The van der Waals surface area contributed by atoms with Crippen LogP contribution in [0.3, 0.4) is 0 Å². The Labute approximate surface area is 128 Å². The summed E-state index contributed by atoms with van der Waals surface area (Å²) in [6, 6.07) is 16.4. The van der Waals surface area contributed by atoms with Crippen LogP contribution in [0.2, 0.25) is 0 Å². The Bertz CT molecular complexity index is 634. The van der Waals surface area contributed by atoms with Gasteiger partial charge in [0.1, 0.15) is 12.7 Å². The fraction of sp³-hybridized carbons (Fsp3) is 0.235. The largest absolute Gasteiger partial charge is 0.504 e. The number of benzene rings is 2. The average Bonchev–Trinajstić information content (AvgIpc) is 2.56. The second kappa shape index (κ2) is 6.49. The first-order chi connectivity index (χ1) is 10.7. The van der Waals surface area contributed by atoms with Crippen LogP contribution in [-0.4, -0.2) is 30.3 Å². The number of carbonyl (C=O) groups is 1. The number of nitrogens with one attached hydrogen (secondary N) is 1. The van der Waals surface area contributed by atoms with Crippen molar-refractivity contribution in [1.82, 2.24) is 5.32 Å². The molecule has 114 valence electrons. The molecule has 1 fully saturated rings. The molecule has 2 unspecified atom stereocenters. The molecule has 1 saturated heterocycles. The van der Waals surface area contributed by atoms with Crippen LogP contribution in [0, 0.1) is 0 Å². The molecule has 0 aliphatic carbocycles. The van der Waals surface area contributed by atoms with Crippen LogP contribution in [0.25, 0.3) is 0 Å². The van der Waals surface area contributed by atoms with E-state index in [9.17, 15) is 9.90 Å². The van der Waals surface area contributed by atoms with E-state index in [1.54, 1.807) is 24.3 Å².